The van der Waals surface area contributed by atoms with E-state index in [2.05, 4.69) is 9.62 Å². The number of amides is 1. The molecule has 6 nitrogen and oxygen atoms in total. The van der Waals surface area contributed by atoms with Crippen LogP contribution >= 0.6 is 11.9 Å². The van der Waals surface area contributed by atoms with Crippen LogP contribution in [0.5, 0.6) is 0 Å². The van der Waals surface area contributed by atoms with Crippen molar-refractivity contribution in [2.24, 2.45) is 0 Å². The summed E-state index contributed by atoms with van der Waals surface area (Å²) >= 11 is 1.52. The molecule has 1 aliphatic carbocycles. The van der Waals surface area contributed by atoms with E-state index in [0.29, 0.717) is 39.2 Å². The summed E-state index contributed by atoms with van der Waals surface area (Å²) in [4.78, 5) is 12.9. The maximum atomic E-state index is 13.5. The van der Waals surface area contributed by atoms with Gasteiger partial charge in [0, 0.05) is 30.3 Å². The van der Waals surface area contributed by atoms with Gasteiger partial charge in [-0.1, -0.05) is 12.1 Å². The highest BCUT2D eigenvalue weighted by atomic mass is 32.2. The van der Waals surface area contributed by atoms with Gasteiger partial charge in [-0.3, -0.25) is 9.10 Å². The van der Waals surface area contributed by atoms with Crippen LogP contribution in [0.25, 0.3) is 22.3 Å². The van der Waals surface area contributed by atoms with Crippen LogP contribution in [0.2, 0.25) is 0 Å². The molecule has 4 aromatic rings. The number of nitrogens with one attached hydrogen (secondary N) is 1. The molecule has 0 spiro atoms. The molecule has 1 heterocycles. The minimum absolute atomic E-state index is 0.266. The molecule has 1 fully saturated rings. The lowest BCUT2D eigenvalue weighted by Gasteiger charge is -2.25. The van der Waals surface area contributed by atoms with Gasteiger partial charge >= 0.3 is 7.12 Å². The Morgan fingerprint density at radius 1 is 1.11 bits per heavy atom. The van der Waals surface area contributed by atoms with E-state index in [1.807, 2.05) is 30.5 Å². The normalized spacial score (nSPS) is 13.2. The van der Waals surface area contributed by atoms with E-state index in [0.717, 1.165) is 29.8 Å². The number of hydrogen-bond acceptors (Lipinski definition) is 6. The lowest BCUT2D eigenvalue weighted by Crippen LogP contribution is -2.29. The zero-order valence-corrected chi connectivity index (χ0v) is 20.1. The Labute approximate surface area is 207 Å². The van der Waals surface area contributed by atoms with Crippen LogP contribution in [-0.2, 0) is 0 Å². The molecule has 3 N–H and O–H groups in total. The second kappa shape index (κ2) is 9.41. The van der Waals surface area contributed by atoms with Gasteiger partial charge in [0.05, 0.1) is 16.9 Å². The zero-order chi connectivity index (χ0) is 24.7. The van der Waals surface area contributed by atoms with Gasteiger partial charge in [-0.25, -0.2) is 4.39 Å². The van der Waals surface area contributed by atoms with E-state index >= 15 is 0 Å². The number of hydrogen-bond donors (Lipinski definition) is 3. The monoisotopic (exact) mass is 490 g/mol. The number of nitrogens with zero attached hydrogens (tertiary/aromatic N) is 1. The zero-order valence-electron chi connectivity index (χ0n) is 19.3. The maximum absolute atomic E-state index is 13.5. The van der Waals surface area contributed by atoms with E-state index in [9.17, 15) is 19.2 Å². The minimum Gasteiger partial charge on any atom is -0.455 e. The van der Waals surface area contributed by atoms with Gasteiger partial charge < -0.3 is 19.8 Å². The van der Waals surface area contributed by atoms with E-state index in [-0.39, 0.29) is 11.7 Å². The Hall–Kier alpha value is -3.27. The Bertz CT molecular complexity index is 1390. The Morgan fingerprint density at radius 3 is 2.37 bits per heavy atom. The third-order valence-corrected chi connectivity index (χ3v) is 7.01. The molecule has 1 saturated carbocycles. The van der Waals surface area contributed by atoms with Gasteiger partial charge in [0.15, 0.2) is 0 Å². The highest BCUT2D eigenvalue weighted by molar-refractivity contribution is 8.00. The average molecular weight is 490 g/mol. The topological polar surface area (TPSA) is 85.9 Å². The van der Waals surface area contributed by atoms with Gasteiger partial charge in [-0.2, -0.15) is 0 Å². The largest absolute Gasteiger partial charge is 0.488 e. The molecule has 178 valence electrons. The second-order valence-electron chi connectivity index (χ2n) is 8.52. The number of carbonyl (C=O) groups excluding carboxylic acids is 1. The molecule has 0 unspecified atom stereocenters. The van der Waals surface area contributed by atoms with E-state index in [1.165, 1.54) is 24.1 Å². The standard InChI is InChI=1S/C26H24BFN2O4S/c1-29-26(31)24-21-13-20(15-3-4-15)22(30(35-2)19-11-7-17(8-12-19)27(32)33)14-23(21)34-25(24)16-5-9-18(28)10-6-16/h5-15,32-33H,3-4H2,1-2H3,(H,29,31). The van der Waals surface area contributed by atoms with E-state index in [1.54, 1.807) is 31.3 Å². The van der Waals surface area contributed by atoms with Gasteiger partial charge in [0.2, 0.25) is 0 Å². The molecule has 35 heavy (non-hydrogen) atoms. The smallest absolute Gasteiger partial charge is 0.455 e. The molecule has 0 saturated heterocycles. The van der Waals surface area contributed by atoms with Crippen molar-refractivity contribution in [3.63, 3.8) is 0 Å². The number of benzene rings is 3. The fraction of sp³-hybridized carbons (Fsp3) is 0.192. The van der Waals surface area contributed by atoms with Crippen molar-refractivity contribution in [1.82, 2.24) is 5.32 Å². The highest BCUT2D eigenvalue weighted by Gasteiger charge is 2.31. The highest BCUT2D eigenvalue weighted by Crippen LogP contribution is 2.49. The van der Waals surface area contributed by atoms with Crippen molar-refractivity contribution in [2.45, 2.75) is 18.8 Å². The molecule has 0 atom stereocenters. The second-order valence-corrected chi connectivity index (χ2v) is 9.25. The van der Waals surface area contributed by atoms with E-state index in [4.69, 9.17) is 4.42 Å². The van der Waals surface area contributed by atoms with Crippen molar-refractivity contribution in [2.75, 3.05) is 17.6 Å². The van der Waals surface area contributed by atoms with Crippen LogP contribution in [0, 0.1) is 5.82 Å². The molecular weight excluding hydrogens is 466 g/mol. The molecule has 3 aromatic carbocycles. The summed E-state index contributed by atoms with van der Waals surface area (Å²) < 4.78 is 21.9. The number of halogens is 1. The summed E-state index contributed by atoms with van der Waals surface area (Å²) in [6.07, 6.45) is 4.10. The first-order valence-electron chi connectivity index (χ1n) is 11.3. The van der Waals surface area contributed by atoms with Gasteiger partial charge in [-0.05, 0) is 84.2 Å². The van der Waals surface area contributed by atoms with E-state index < -0.39 is 7.12 Å². The minimum atomic E-state index is -1.53. The van der Waals surface area contributed by atoms with Crippen molar-refractivity contribution < 1.29 is 23.7 Å². The van der Waals surface area contributed by atoms with Crippen LogP contribution in [0.15, 0.2) is 65.1 Å². The van der Waals surface area contributed by atoms with Crippen LogP contribution in [0.4, 0.5) is 15.8 Å². The summed E-state index contributed by atoms with van der Waals surface area (Å²) in [5, 5.41) is 22.3. The number of furan rings is 1. The van der Waals surface area contributed by atoms with Crippen molar-refractivity contribution in [3.8, 4) is 11.3 Å². The molecular formula is C26H24BFN2O4S. The van der Waals surface area contributed by atoms with Gasteiger partial charge in [0.1, 0.15) is 17.2 Å². The summed E-state index contributed by atoms with van der Waals surface area (Å²) in [7, 11) is 0.0510. The van der Waals surface area contributed by atoms with Gasteiger partial charge in [-0.15, -0.1) is 0 Å². The van der Waals surface area contributed by atoms with Crippen molar-refractivity contribution in [1.29, 1.82) is 0 Å². The molecule has 0 bridgehead atoms. The first-order valence-corrected chi connectivity index (χ1v) is 12.5. The lowest BCUT2D eigenvalue weighted by molar-refractivity contribution is 0.0964. The summed E-state index contributed by atoms with van der Waals surface area (Å²) in [6.45, 7) is 0. The fourth-order valence-corrected chi connectivity index (χ4v) is 5.01. The third-order valence-electron chi connectivity index (χ3n) is 6.24. The SMILES string of the molecule is CNC(=O)c1c(-c2ccc(F)cc2)oc2cc(N(SC)c3ccc(B(O)O)cc3)c(C3CC3)cc12. The van der Waals surface area contributed by atoms with Crippen molar-refractivity contribution >= 4 is 52.8 Å². The molecule has 1 aliphatic rings. The summed E-state index contributed by atoms with van der Waals surface area (Å²) in [5.74, 6) is 0.150. The Balaban J connectivity index is 1.69. The Morgan fingerprint density at radius 2 is 1.80 bits per heavy atom. The summed E-state index contributed by atoms with van der Waals surface area (Å²) in [5.41, 5.74) is 4.97. The first kappa shape index (κ1) is 23.5. The predicted octanol–water partition coefficient (Wildman–Crippen LogP) is 4.57. The van der Waals surface area contributed by atoms with Crippen LogP contribution in [0.3, 0.4) is 0 Å². The predicted molar refractivity (Wildman–Crippen MR) is 139 cm³/mol. The average Bonchev–Trinajstić information content (AvgIpc) is 3.65. The third kappa shape index (κ3) is 4.42. The summed E-state index contributed by atoms with van der Waals surface area (Å²) in [6, 6.07) is 16.9. The molecule has 1 aromatic heterocycles. The quantitative estimate of drug-likeness (QED) is 0.260. The van der Waals surface area contributed by atoms with Crippen LogP contribution in [-0.4, -0.2) is 36.4 Å². The van der Waals surface area contributed by atoms with Crippen LogP contribution < -0.4 is 15.1 Å². The molecule has 0 aliphatic heterocycles. The van der Waals surface area contributed by atoms with Crippen LogP contribution in [0.1, 0.15) is 34.7 Å². The fourth-order valence-electron chi connectivity index (χ4n) is 4.33. The van der Waals surface area contributed by atoms with Crippen molar-refractivity contribution in [3.05, 3.63) is 77.6 Å². The molecule has 9 heteroatoms. The number of rotatable bonds is 7. The lowest BCUT2D eigenvalue weighted by atomic mass is 9.80. The first-order chi connectivity index (χ1) is 16.9. The number of fused-ring (bicyclic) bond motifs is 1. The Kier molecular flexibility index (Phi) is 6.31. The maximum Gasteiger partial charge on any atom is 0.488 e. The molecule has 0 radical (unpaired) electrons. The molecule has 5 rings (SSSR count). The molecule has 1 amide bonds. The number of carbonyl (C=O) groups is 1. The number of anilines is 2. The van der Waals surface area contributed by atoms with Gasteiger partial charge in [0.25, 0.3) is 5.91 Å².